The monoisotopic (exact) mass is 283 g/mol. The van der Waals surface area contributed by atoms with Crippen molar-refractivity contribution >= 4 is 23.2 Å². The molecule has 1 N–H and O–H groups in total. The number of para-hydroxylation sites is 1. The topological polar surface area (TPSA) is 98.2 Å². The largest absolute Gasteiger partial charge is 0.355 e. The van der Waals surface area contributed by atoms with Crippen molar-refractivity contribution in [1.82, 2.24) is 5.32 Å². The van der Waals surface area contributed by atoms with Gasteiger partial charge in [0.2, 0.25) is 11.8 Å². The predicted molar refractivity (Wildman–Crippen MR) is 77.1 cm³/mol. The van der Waals surface area contributed by atoms with E-state index < -0.39 is 0 Å². The molecule has 21 heavy (non-hydrogen) atoms. The lowest BCUT2D eigenvalue weighted by atomic mass is 9.98. The van der Waals surface area contributed by atoms with E-state index in [-0.39, 0.29) is 17.9 Å². The van der Waals surface area contributed by atoms with Crippen LogP contribution in [0.1, 0.15) is 18.4 Å². The summed E-state index contributed by atoms with van der Waals surface area (Å²) in [4.78, 5) is 28.1. The van der Waals surface area contributed by atoms with Gasteiger partial charge in [0.05, 0.1) is 0 Å². The summed E-state index contributed by atoms with van der Waals surface area (Å²) >= 11 is 0. The highest BCUT2D eigenvalue weighted by Gasteiger charge is 2.33. The van der Waals surface area contributed by atoms with E-state index in [0.29, 0.717) is 25.1 Å². The first-order valence-electron chi connectivity index (χ1n) is 6.65. The van der Waals surface area contributed by atoms with Gasteiger partial charge in [-0.15, -0.1) is 0 Å². The smallest absolute Gasteiger partial charge is 0.249 e. The van der Waals surface area contributed by atoms with Gasteiger partial charge < -0.3 is 4.90 Å². The van der Waals surface area contributed by atoms with Crippen molar-refractivity contribution in [2.75, 3.05) is 11.4 Å². The van der Waals surface area contributed by atoms with Crippen molar-refractivity contribution in [2.45, 2.75) is 18.9 Å². The van der Waals surface area contributed by atoms with Gasteiger partial charge in [-0.2, -0.15) is 0 Å². The molecule has 1 atom stereocenters. The number of carbonyl (C=O) groups excluding carboxylic acids is 2. The summed E-state index contributed by atoms with van der Waals surface area (Å²) in [5.74, 6) is -0.506. The molecule has 2 heterocycles. The fraction of sp³-hybridized carbons (Fsp3) is 0.286. The van der Waals surface area contributed by atoms with E-state index in [4.69, 9.17) is 5.53 Å². The summed E-state index contributed by atoms with van der Waals surface area (Å²) in [5.41, 5.74) is 10.8. The lowest BCUT2D eigenvalue weighted by Crippen LogP contribution is -2.53. The number of azide groups is 1. The molecule has 3 rings (SSSR count). The quantitative estimate of drug-likeness (QED) is 0.388. The van der Waals surface area contributed by atoms with Crippen LogP contribution in [0, 0.1) is 0 Å². The molecule has 1 unspecified atom stereocenters. The van der Waals surface area contributed by atoms with Crippen LogP contribution in [-0.2, 0) is 9.59 Å². The Morgan fingerprint density at radius 1 is 1.33 bits per heavy atom. The Labute approximate surface area is 120 Å². The molecule has 0 radical (unpaired) electrons. The molecular formula is C14H13N5O2. The molecule has 0 bridgehead atoms. The molecule has 7 heteroatoms. The lowest BCUT2D eigenvalue weighted by molar-refractivity contribution is -0.134. The average Bonchev–Trinajstić information content (AvgIpc) is 2.49. The zero-order valence-corrected chi connectivity index (χ0v) is 11.2. The van der Waals surface area contributed by atoms with Gasteiger partial charge in [0, 0.05) is 34.8 Å². The number of anilines is 1. The van der Waals surface area contributed by atoms with Crippen LogP contribution in [0.15, 0.2) is 35.5 Å². The van der Waals surface area contributed by atoms with E-state index in [1.165, 1.54) is 0 Å². The van der Waals surface area contributed by atoms with E-state index in [0.717, 1.165) is 11.3 Å². The fourth-order valence-corrected chi connectivity index (χ4v) is 2.75. The van der Waals surface area contributed by atoms with Gasteiger partial charge >= 0.3 is 0 Å². The van der Waals surface area contributed by atoms with Gasteiger partial charge in [0.25, 0.3) is 0 Å². The number of hydrogen-bond acceptors (Lipinski definition) is 4. The SMILES string of the molecule is [N-]=[N+]=NC1=CCN(C2CCC(=O)NC2=O)c2ccccc21. The zero-order chi connectivity index (χ0) is 14.8. The lowest BCUT2D eigenvalue weighted by Gasteiger charge is -2.37. The van der Waals surface area contributed by atoms with E-state index in [2.05, 4.69) is 15.3 Å². The maximum absolute atomic E-state index is 12.0. The van der Waals surface area contributed by atoms with Crippen LogP contribution < -0.4 is 10.2 Å². The molecule has 106 valence electrons. The molecule has 0 aliphatic carbocycles. The molecule has 2 aliphatic rings. The number of imide groups is 1. The second kappa shape index (κ2) is 5.30. The molecule has 1 aromatic carbocycles. The highest BCUT2D eigenvalue weighted by Crippen LogP contribution is 2.34. The molecule has 0 aromatic heterocycles. The van der Waals surface area contributed by atoms with Crippen molar-refractivity contribution < 1.29 is 9.59 Å². The van der Waals surface area contributed by atoms with Crippen molar-refractivity contribution in [3.8, 4) is 0 Å². The van der Waals surface area contributed by atoms with Crippen LogP contribution in [0.2, 0.25) is 0 Å². The highest BCUT2D eigenvalue weighted by atomic mass is 16.2. The van der Waals surface area contributed by atoms with E-state index in [1.54, 1.807) is 6.08 Å². The summed E-state index contributed by atoms with van der Waals surface area (Å²) in [6.07, 6.45) is 2.62. The zero-order valence-electron chi connectivity index (χ0n) is 11.2. The number of amides is 2. The highest BCUT2D eigenvalue weighted by molar-refractivity contribution is 6.02. The molecule has 1 fully saturated rings. The Kier molecular flexibility index (Phi) is 3.33. The van der Waals surface area contributed by atoms with E-state index in [1.807, 2.05) is 29.2 Å². The Morgan fingerprint density at radius 2 is 2.14 bits per heavy atom. The molecule has 2 aliphatic heterocycles. The number of rotatable bonds is 2. The minimum Gasteiger partial charge on any atom is -0.355 e. The second-order valence-electron chi connectivity index (χ2n) is 4.92. The van der Waals surface area contributed by atoms with E-state index in [9.17, 15) is 9.59 Å². The van der Waals surface area contributed by atoms with Crippen LogP contribution >= 0.6 is 0 Å². The van der Waals surface area contributed by atoms with Gasteiger partial charge in [-0.05, 0) is 18.0 Å². The van der Waals surface area contributed by atoms with Crippen LogP contribution in [0.25, 0.3) is 16.1 Å². The molecule has 1 aromatic rings. The number of nitrogens with one attached hydrogen (secondary N) is 1. The number of hydrogen-bond donors (Lipinski definition) is 1. The van der Waals surface area contributed by atoms with Crippen LogP contribution in [-0.4, -0.2) is 24.4 Å². The average molecular weight is 283 g/mol. The first-order valence-corrected chi connectivity index (χ1v) is 6.65. The van der Waals surface area contributed by atoms with Gasteiger partial charge in [0.15, 0.2) is 0 Å². The number of fused-ring (bicyclic) bond motifs is 1. The van der Waals surface area contributed by atoms with Gasteiger partial charge in [-0.25, -0.2) is 0 Å². The Hall–Kier alpha value is -2.79. The molecule has 2 amide bonds. The molecule has 0 saturated carbocycles. The Morgan fingerprint density at radius 3 is 2.90 bits per heavy atom. The van der Waals surface area contributed by atoms with Crippen molar-refractivity contribution in [2.24, 2.45) is 5.11 Å². The van der Waals surface area contributed by atoms with Crippen molar-refractivity contribution in [3.63, 3.8) is 0 Å². The maximum Gasteiger partial charge on any atom is 0.249 e. The third-order valence-electron chi connectivity index (χ3n) is 3.71. The third kappa shape index (κ3) is 2.34. The fourth-order valence-electron chi connectivity index (χ4n) is 2.75. The number of piperidine rings is 1. The van der Waals surface area contributed by atoms with Gasteiger partial charge in [-0.3, -0.25) is 14.9 Å². The third-order valence-corrected chi connectivity index (χ3v) is 3.71. The predicted octanol–water partition coefficient (Wildman–Crippen LogP) is 1.96. The molecule has 1 saturated heterocycles. The van der Waals surface area contributed by atoms with Crippen LogP contribution in [0.5, 0.6) is 0 Å². The summed E-state index contributed by atoms with van der Waals surface area (Å²) in [7, 11) is 0. The minimum atomic E-state index is -0.382. The first kappa shape index (κ1) is 13.2. The van der Waals surface area contributed by atoms with E-state index >= 15 is 0 Å². The number of nitrogens with zero attached hydrogens (tertiary/aromatic N) is 4. The minimum absolute atomic E-state index is 0.230. The van der Waals surface area contributed by atoms with Crippen molar-refractivity contribution in [1.29, 1.82) is 0 Å². The Bertz CT molecular complexity index is 690. The van der Waals surface area contributed by atoms with Crippen LogP contribution in [0.4, 0.5) is 5.69 Å². The Balaban J connectivity index is 1.98. The molecule has 0 spiro atoms. The van der Waals surface area contributed by atoms with Gasteiger partial charge in [0.1, 0.15) is 6.04 Å². The van der Waals surface area contributed by atoms with Crippen LogP contribution in [0.3, 0.4) is 0 Å². The second-order valence-corrected chi connectivity index (χ2v) is 4.92. The summed E-state index contributed by atoms with van der Waals surface area (Å²) in [6, 6.07) is 7.09. The normalized spacial score (nSPS) is 21.0. The number of benzene rings is 1. The summed E-state index contributed by atoms with van der Waals surface area (Å²) in [6.45, 7) is 0.470. The standard InChI is InChI=1S/C14H13N5O2/c15-18-17-10-7-8-19(11-4-2-1-3-9(10)11)12-5-6-13(20)16-14(12)21/h1-4,7,12H,5-6,8H2,(H,16,20,21). The van der Waals surface area contributed by atoms with Crippen molar-refractivity contribution in [3.05, 3.63) is 46.3 Å². The molecular weight excluding hydrogens is 270 g/mol. The van der Waals surface area contributed by atoms with Gasteiger partial charge in [-0.1, -0.05) is 29.4 Å². The summed E-state index contributed by atoms with van der Waals surface area (Å²) in [5, 5.41) is 6.07. The summed E-state index contributed by atoms with van der Waals surface area (Å²) < 4.78 is 0. The first-order chi connectivity index (χ1) is 10.2. The maximum atomic E-state index is 12.0. The molecule has 7 nitrogen and oxygen atoms in total. The number of carbonyl (C=O) groups is 2.